The molecule has 2 aromatic rings. The fourth-order valence-corrected chi connectivity index (χ4v) is 3.61. The minimum absolute atomic E-state index is 0.00814. The number of hydrogen-bond acceptors (Lipinski definition) is 4. The molecule has 23 heavy (non-hydrogen) atoms. The molecule has 0 spiro atoms. The van der Waals surface area contributed by atoms with Gasteiger partial charge in [-0.1, -0.05) is 19.8 Å². The number of pyridine rings is 1. The molecular formula is C18H26N4O. The quantitative estimate of drug-likeness (QED) is 0.851. The standard InChI is InChI=1S/C18H26N4O/c1-3-9-15(21-12-6-5-7-13-21)17-20-14-10-8-11-19-16(14)18(23)22(17)4-2/h8,10-11,15H,3-7,9,12-13H2,1-2H3. The molecule has 124 valence electrons. The van der Waals surface area contributed by atoms with E-state index < -0.39 is 0 Å². The summed E-state index contributed by atoms with van der Waals surface area (Å²) >= 11 is 0. The van der Waals surface area contributed by atoms with Crippen molar-refractivity contribution < 1.29 is 0 Å². The summed E-state index contributed by atoms with van der Waals surface area (Å²) in [7, 11) is 0. The van der Waals surface area contributed by atoms with E-state index in [9.17, 15) is 4.79 Å². The van der Waals surface area contributed by atoms with Crippen LogP contribution in [0.1, 0.15) is 57.8 Å². The Hall–Kier alpha value is -1.75. The Balaban J connectivity index is 2.12. The van der Waals surface area contributed by atoms with E-state index >= 15 is 0 Å². The molecule has 3 heterocycles. The minimum Gasteiger partial charge on any atom is -0.294 e. The van der Waals surface area contributed by atoms with E-state index in [1.807, 2.05) is 23.6 Å². The van der Waals surface area contributed by atoms with E-state index in [4.69, 9.17) is 4.98 Å². The highest BCUT2D eigenvalue weighted by molar-refractivity contribution is 5.72. The summed E-state index contributed by atoms with van der Waals surface area (Å²) in [5.74, 6) is 0.918. The van der Waals surface area contributed by atoms with E-state index in [1.54, 1.807) is 6.20 Å². The molecule has 0 N–H and O–H groups in total. The van der Waals surface area contributed by atoms with Gasteiger partial charge in [0.1, 0.15) is 5.82 Å². The molecule has 0 amide bonds. The summed E-state index contributed by atoms with van der Waals surface area (Å²) in [6.07, 6.45) is 7.59. The smallest absolute Gasteiger partial charge is 0.280 e. The van der Waals surface area contributed by atoms with Crippen LogP contribution in [-0.2, 0) is 6.54 Å². The zero-order valence-electron chi connectivity index (χ0n) is 14.2. The summed E-state index contributed by atoms with van der Waals surface area (Å²) < 4.78 is 1.82. The molecule has 0 saturated carbocycles. The number of piperidine rings is 1. The van der Waals surface area contributed by atoms with Crippen molar-refractivity contribution in [2.45, 2.75) is 58.5 Å². The molecule has 1 aliphatic rings. The van der Waals surface area contributed by atoms with Crippen molar-refractivity contribution in [1.82, 2.24) is 19.4 Å². The van der Waals surface area contributed by atoms with Crippen LogP contribution in [0.15, 0.2) is 23.1 Å². The van der Waals surface area contributed by atoms with Crippen molar-refractivity contribution in [2.75, 3.05) is 13.1 Å². The first-order valence-electron chi connectivity index (χ1n) is 8.85. The summed E-state index contributed by atoms with van der Waals surface area (Å²) in [6.45, 7) is 7.07. The van der Waals surface area contributed by atoms with Gasteiger partial charge >= 0.3 is 0 Å². The highest BCUT2D eigenvalue weighted by Crippen LogP contribution is 2.27. The lowest BCUT2D eigenvalue weighted by atomic mass is 10.0. The van der Waals surface area contributed by atoms with Crippen LogP contribution < -0.4 is 5.56 Å². The molecule has 5 heteroatoms. The number of hydrogen-bond donors (Lipinski definition) is 0. The first-order valence-corrected chi connectivity index (χ1v) is 8.85. The molecule has 0 radical (unpaired) electrons. The predicted molar refractivity (Wildman–Crippen MR) is 92.5 cm³/mol. The molecule has 1 saturated heterocycles. The van der Waals surface area contributed by atoms with Gasteiger partial charge < -0.3 is 0 Å². The molecule has 3 rings (SSSR count). The van der Waals surface area contributed by atoms with Gasteiger partial charge in [-0.05, 0) is 51.4 Å². The van der Waals surface area contributed by atoms with Crippen LogP contribution in [0, 0.1) is 0 Å². The van der Waals surface area contributed by atoms with Gasteiger partial charge in [-0.25, -0.2) is 9.97 Å². The number of likely N-dealkylation sites (tertiary alicyclic amines) is 1. The topological polar surface area (TPSA) is 51.0 Å². The molecule has 0 bridgehead atoms. The van der Waals surface area contributed by atoms with Gasteiger partial charge in [-0.15, -0.1) is 0 Å². The zero-order valence-corrected chi connectivity index (χ0v) is 14.2. The van der Waals surface area contributed by atoms with Gasteiger partial charge in [0.15, 0.2) is 5.52 Å². The lowest BCUT2D eigenvalue weighted by Crippen LogP contribution is -2.38. The maximum absolute atomic E-state index is 12.8. The van der Waals surface area contributed by atoms with Gasteiger partial charge in [0.05, 0.1) is 11.6 Å². The second-order valence-electron chi connectivity index (χ2n) is 6.29. The van der Waals surface area contributed by atoms with Crippen LogP contribution in [0.5, 0.6) is 0 Å². The summed E-state index contributed by atoms with van der Waals surface area (Å²) in [4.78, 5) is 24.4. The highest BCUT2D eigenvalue weighted by Gasteiger charge is 2.26. The molecule has 2 aromatic heterocycles. The van der Waals surface area contributed by atoms with Crippen LogP contribution in [-0.4, -0.2) is 32.5 Å². The fraction of sp³-hybridized carbons (Fsp3) is 0.611. The van der Waals surface area contributed by atoms with Crippen LogP contribution in [0.2, 0.25) is 0 Å². The van der Waals surface area contributed by atoms with Crippen LogP contribution in [0.4, 0.5) is 0 Å². The van der Waals surface area contributed by atoms with E-state index in [0.29, 0.717) is 12.1 Å². The van der Waals surface area contributed by atoms with Crippen molar-refractivity contribution in [3.8, 4) is 0 Å². The molecule has 0 aromatic carbocycles. The lowest BCUT2D eigenvalue weighted by molar-refractivity contribution is 0.144. The second kappa shape index (κ2) is 7.21. The van der Waals surface area contributed by atoms with Crippen molar-refractivity contribution in [1.29, 1.82) is 0 Å². The molecule has 0 aliphatic carbocycles. The molecule has 5 nitrogen and oxygen atoms in total. The minimum atomic E-state index is -0.00814. The Morgan fingerprint density at radius 2 is 2.00 bits per heavy atom. The zero-order chi connectivity index (χ0) is 16.2. The SMILES string of the molecule is CCCC(c1nc2cccnc2c(=O)n1CC)N1CCCCC1. The molecule has 1 aliphatic heterocycles. The van der Waals surface area contributed by atoms with Gasteiger partial charge in [-0.2, -0.15) is 0 Å². The average molecular weight is 314 g/mol. The number of rotatable bonds is 5. The van der Waals surface area contributed by atoms with E-state index in [-0.39, 0.29) is 11.6 Å². The van der Waals surface area contributed by atoms with Crippen molar-refractivity contribution in [3.63, 3.8) is 0 Å². The maximum Gasteiger partial charge on any atom is 0.280 e. The molecule has 1 fully saturated rings. The third-order valence-corrected chi connectivity index (χ3v) is 4.75. The summed E-state index contributed by atoms with van der Waals surface area (Å²) in [5, 5.41) is 0. The van der Waals surface area contributed by atoms with Crippen molar-refractivity contribution in [3.05, 3.63) is 34.5 Å². The average Bonchev–Trinajstić information content (AvgIpc) is 2.60. The van der Waals surface area contributed by atoms with Gasteiger partial charge in [0.25, 0.3) is 5.56 Å². The molecule has 1 atom stereocenters. The van der Waals surface area contributed by atoms with Gasteiger partial charge in [0, 0.05) is 12.7 Å². The third-order valence-electron chi connectivity index (χ3n) is 4.75. The molecular weight excluding hydrogens is 288 g/mol. The Bertz CT molecular complexity index is 719. The Morgan fingerprint density at radius 3 is 2.70 bits per heavy atom. The Labute approximate surface area is 137 Å². The third kappa shape index (κ3) is 3.15. The summed E-state index contributed by atoms with van der Waals surface area (Å²) in [5.41, 5.74) is 1.19. The number of nitrogens with zero attached hydrogens (tertiary/aromatic N) is 4. The second-order valence-corrected chi connectivity index (χ2v) is 6.29. The van der Waals surface area contributed by atoms with Crippen molar-refractivity contribution >= 4 is 11.0 Å². The van der Waals surface area contributed by atoms with E-state index in [0.717, 1.165) is 37.3 Å². The first-order chi connectivity index (χ1) is 11.3. The Morgan fingerprint density at radius 1 is 1.22 bits per heavy atom. The summed E-state index contributed by atoms with van der Waals surface area (Å²) in [6, 6.07) is 3.98. The lowest BCUT2D eigenvalue weighted by Gasteiger charge is -2.35. The van der Waals surface area contributed by atoms with Crippen molar-refractivity contribution in [2.24, 2.45) is 0 Å². The van der Waals surface area contributed by atoms with Gasteiger partial charge in [-0.3, -0.25) is 14.3 Å². The molecule has 1 unspecified atom stereocenters. The predicted octanol–water partition coefficient (Wildman–Crippen LogP) is 3.14. The van der Waals surface area contributed by atoms with Crippen LogP contribution >= 0.6 is 0 Å². The van der Waals surface area contributed by atoms with Gasteiger partial charge in [0.2, 0.25) is 0 Å². The normalized spacial score (nSPS) is 17.5. The maximum atomic E-state index is 12.8. The van der Waals surface area contributed by atoms with Crippen LogP contribution in [0.3, 0.4) is 0 Å². The number of fused-ring (bicyclic) bond motifs is 1. The highest BCUT2D eigenvalue weighted by atomic mass is 16.1. The van der Waals surface area contributed by atoms with Crippen LogP contribution in [0.25, 0.3) is 11.0 Å². The fourth-order valence-electron chi connectivity index (χ4n) is 3.61. The Kier molecular flexibility index (Phi) is 5.06. The monoisotopic (exact) mass is 314 g/mol. The van der Waals surface area contributed by atoms with E-state index in [1.165, 1.54) is 19.3 Å². The number of aromatic nitrogens is 3. The first kappa shape index (κ1) is 16.1. The largest absolute Gasteiger partial charge is 0.294 e. The van der Waals surface area contributed by atoms with E-state index in [2.05, 4.69) is 16.8 Å².